The Kier molecular flexibility index (Phi) is 16.4. The zero-order valence-electron chi connectivity index (χ0n) is 25.9. The van der Waals surface area contributed by atoms with Crippen LogP contribution in [0.5, 0.6) is 0 Å². The first kappa shape index (κ1) is 35.1. The molecule has 0 N–H and O–H groups in total. The molecule has 226 valence electrons. The second kappa shape index (κ2) is 19.2. The molecule has 5 heterocycles. The summed E-state index contributed by atoms with van der Waals surface area (Å²) in [6.45, 7) is 20.5. The van der Waals surface area contributed by atoms with Gasteiger partial charge in [0.1, 0.15) is 12.7 Å². The molecule has 0 aliphatic heterocycles. The third-order valence-electron chi connectivity index (χ3n) is 5.05. The highest BCUT2D eigenvalue weighted by Crippen LogP contribution is 2.01. The van der Waals surface area contributed by atoms with Crippen molar-refractivity contribution < 1.29 is 0 Å². The lowest BCUT2D eigenvalue weighted by molar-refractivity contribution is 0.466. The van der Waals surface area contributed by atoms with Gasteiger partial charge in [-0.2, -0.15) is 25.2 Å². The minimum Gasteiger partial charge on any atom is -0.303 e. The van der Waals surface area contributed by atoms with Gasteiger partial charge in [-0.1, -0.05) is 16.6 Å². The molecule has 0 spiro atoms. The zero-order chi connectivity index (χ0) is 30.8. The smallest absolute Gasteiger partial charge is 0.303 e. The van der Waals surface area contributed by atoms with Crippen molar-refractivity contribution in [3.63, 3.8) is 0 Å². The molecule has 14 heteroatoms. The molecule has 0 radical (unpaired) electrons. The van der Waals surface area contributed by atoms with E-state index >= 15 is 0 Å². The standard InChI is InChI=1S/C6H10N2.C6H9NOS.3C5H9N3/c1-6(2)8-5-3-4-7-8;1-5(2)7-3-4-9-6(7)8;1-5(2)8-4-6-3-7-8;1-5(2)8-4-3-6-7-8;1-5(2)8-6-3-4-7-8/h3-6H,1-2H3;3-5H,1-2H3;3*3-5H,1-2H3. The lowest BCUT2D eigenvalue weighted by Gasteiger charge is -2.01. The maximum Gasteiger partial charge on any atom is 0.307 e. The summed E-state index contributed by atoms with van der Waals surface area (Å²) < 4.78 is 7.24. The van der Waals surface area contributed by atoms with Crippen molar-refractivity contribution in [1.29, 1.82) is 0 Å². The number of hydrogen-bond acceptors (Lipinski definition) is 9. The Labute approximate surface area is 246 Å². The topological polar surface area (TPSA) is 132 Å². The van der Waals surface area contributed by atoms with Crippen molar-refractivity contribution >= 4 is 11.3 Å². The average molecular weight is 587 g/mol. The molecule has 0 saturated heterocycles. The van der Waals surface area contributed by atoms with Gasteiger partial charge in [0.25, 0.3) is 0 Å². The molecule has 0 aliphatic rings. The Morgan fingerprint density at radius 3 is 1.51 bits per heavy atom. The summed E-state index contributed by atoms with van der Waals surface area (Å²) in [7, 11) is 0. The van der Waals surface area contributed by atoms with Crippen LogP contribution < -0.4 is 4.87 Å². The predicted molar refractivity (Wildman–Crippen MR) is 163 cm³/mol. The minimum atomic E-state index is 0.130. The van der Waals surface area contributed by atoms with E-state index in [0.29, 0.717) is 30.2 Å². The third-order valence-corrected chi connectivity index (χ3v) is 5.72. The van der Waals surface area contributed by atoms with Crippen molar-refractivity contribution in [3.05, 3.63) is 77.1 Å². The van der Waals surface area contributed by atoms with Crippen LogP contribution in [0.4, 0.5) is 0 Å². The second-order valence-electron chi connectivity index (χ2n) is 10.1. The van der Waals surface area contributed by atoms with Crippen molar-refractivity contribution in [2.24, 2.45) is 0 Å². The summed E-state index contributed by atoms with van der Waals surface area (Å²) in [5.74, 6) is 0. The molecule has 0 aliphatic carbocycles. The van der Waals surface area contributed by atoms with Gasteiger partial charge < -0.3 is 4.57 Å². The Morgan fingerprint density at radius 1 is 0.634 bits per heavy atom. The Bertz CT molecular complexity index is 1130. The molecular formula is C27H46N12OS. The summed E-state index contributed by atoms with van der Waals surface area (Å²) >= 11 is 1.24. The molecule has 0 aromatic carbocycles. The molecule has 13 nitrogen and oxygen atoms in total. The van der Waals surface area contributed by atoms with Gasteiger partial charge in [0, 0.05) is 54.3 Å². The van der Waals surface area contributed by atoms with E-state index in [0.717, 1.165) is 0 Å². The monoisotopic (exact) mass is 586 g/mol. The molecular weight excluding hydrogens is 540 g/mol. The number of rotatable bonds is 5. The van der Waals surface area contributed by atoms with E-state index < -0.39 is 0 Å². The quantitative estimate of drug-likeness (QED) is 0.263. The van der Waals surface area contributed by atoms with Crippen LogP contribution in [0.2, 0.25) is 0 Å². The van der Waals surface area contributed by atoms with Crippen molar-refractivity contribution in [2.45, 2.75) is 99.4 Å². The molecule has 41 heavy (non-hydrogen) atoms. The molecule has 5 rings (SSSR count). The summed E-state index contributed by atoms with van der Waals surface area (Å²) in [5.41, 5.74) is 0. The molecule has 0 amide bonds. The molecule has 0 fully saturated rings. The predicted octanol–water partition coefficient (Wildman–Crippen LogP) is 5.53. The Morgan fingerprint density at radius 2 is 1.27 bits per heavy atom. The van der Waals surface area contributed by atoms with Gasteiger partial charge in [-0.25, -0.2) is 4.98 Å². The van der Waals surface area contributed by atoms with Gasteiger partial charge in [0.15, 0.2) is 0 Å². The van der Waals surface area contributed by atoms with Crippen LogP contribution in [0, 0.1) is 0 Å². The maximum absolute atomic E-state index is 10.8. The number of hydrogen-bond donors (Lipinski definition) is 0. The molecule has 5 aromatic rings. The highest BCUT2D eigenvalue weighted by atomic mass is 32.1. The van der Waals surface area contributed by atoms with Crippen molar-refractivity contribution in [2.75, 3.05) is 0 Å². The number of aromatic nitrogens is 12. The van der Waals surface area contributed by atoms with Gasteiger partial charge >= 0.3 is 4.87 Å². The molecule has 5 aromatic heterocycles. The van der Waals surface area contributed by atoms with Crippen LogP contribution >= 0.6 is 11.3 Å². The van der Waals surface area contributed by atoms with Crippen LogP contribution in [0.1, 0.15) is 99.4 Å². The van der Waals surface area contributed by atoms with Gasteiger partial charge in [-0.05, 0) is 75.3 Å². The van der Waals surface area contributed by atoms with Crippen LogP contribution in [-0.4, -0.2) is 59.1 Å². The largest absolute Gasteiger partial charge is 0.307 e. The van der Waals surface area contributed by atoms with Gasteiger partial charge in [0.2, 0.25) is 0 Å². The fourth-order valence-electron chi connectivity index (χ4n) is 2.71. The lowest BCUT2D eigenvalue weighted by atomic mass is 10.4. The van der Waals surface area contributed by atoms with Crippen LogP contribution in [0.25, 0.3) is 0 Å². The van der Waals surface area contributed by atoms with Crippen molar-refractivity contribution in [1.82, 2.24) is 59.1 Å². The average Bonchev–Trinajstić information content (AvgIpc) is 3.77. The van der Waals surface area contributed by atoms with Crippen LogP contribution in [0.3, 0.4) is 0 Å². The highest BCUT2D eigenvalue weighted by molar-refractivity contribution is 7.07. The fourth-order valence-corrected chi connectivity index (χ4v) is 3.42. The van der Waals surface area contributed by atoms with E-state index in [4.69, 9.17) is 0 Å². The molecule has 0 atom stereocenters. The first-order chi connectivity index (χ1) is 19.4. The zero-order valence-corrected chi connectivity index (χ0v) is 26.7. The molecule has 0 unspecified atom stereocenters. The summed E-state index contributed by atoms with van der Waals surface area (Å²) in [6, 6.07) is 3.95. The fraction of sp³-hybridized carbons (Fsp3) is 0.556. The molecule has 0 saturated carbocycles. The van der Waals surface area contributed by atoms with Crippen molar-refractivity contribution in [3.8, 4) is 0 Å². The van der Waals surface area contributed by atoms with Gasteiger partial charge in [-0.3, -0.25) is 18.8 Å². The van der Waals surface area contributed by atoms with E-state index in [2.05, 4.69) is 77.2 Å². The van der Waals surface area contributed by atoms with E-state index in [1.54, 1.807) is 56.2 Å². The Balaban J connectivity index is 0.000000256. The summed E-state index contributed by atoms with van der Waals surface area (Å²) in [6.07, 6.45) is 15.7. The van der Waals surface area contributed by atoms with Gasteiger partial charge in [-0.15, -0.1) is 5.10 Å². The highest BCUT2D eigenvalue weighted by Gasteiger charge is 1.98. The molecule has 0 bridgehead atoms. The van der Waals surface area contributed by atoms with E-state index in [9.17, 15) is 4.79 Å². The summed E-state index contributed by atoms with van der Waals surface area (Å²) in [4.78, 5) is 16.4. The minimum absolute atomic E-state index is 0.130. The number of thiazole rings is 1. The van der Waals surface area contributed by atoms with Gasteiger partial charge in [0.05, 0.1) is 24.6 Å². The lowest BCUT2D eigenvalue weighted by Crippen LogP contribution is -2.13. The first-order valence-corrected chi connectivity index (χ1v) is 14.5. The van der Waals surface area contributed by atoms with E-state index in [1.165, 1.54) is 11.3 Å². The first-order valence-electron chi connectivity index (χ1n) is 13.6. The number of nitrogens with zero attached hydrogens (tertiary/aromatic N) is 12. The van der Waals surface area contributed by atoms with E-state index in [1.807, 2.05) is 62.4 Å². The van der Waals surface area contributed by atoms with E-state index in [-0.39, 0.29) is 4.87 Å². The Hall–Kier alpha value is -3.94. The maximum atomic E-state index is 10.8. The van der Waals surface area contributed by atoms with Crippen LogP contribution in [-0.2, 0) is 0 Å². The second-order valence-corrected chi connectivity index (χ2v) is 11.0. The SMILES string of the molecule is CC(C)n1cccn1.CC(C)n1ccnn1.CC(C)n1ccsc1=O.CC(C)n1cncn1.CC(C)n1nccn1. The summed E-state index contributed by atoms with van der Waals surface area (Å²) in [5, 5.41) is 25.0. The van der Waals surface area contributed by atoms with Crippen LogP contribution in [0.15, 0.2) is 72.3 Å². The third kappa shape index (κ3) is 14.3. The normalized spacial score (nSPS) is 10.4.